The molecular weight excluding hydrogens is 901 g/mol. The Morgan fingerprint density at radius 1 is 0.288 bits per heavy atom. The first-order valence-corrected chi connectivity index (χ1v) is 31.4. The van der Waals surface area contributed by atoms with Gasteiger partial charge >= 0.3 is 17.9 Å². The summed E-state index contributed by atoms with van der Waals surface area (Å²) in [6, 6.07) is 0. The van der Waals surface area contributed by atoms with Gasteiger partial charge in [-0.25, -0.2) is 0 Å². The molecule has 73 heavy (non-hydrogen) atoms. The number of carbonyl (C=O) groups is 3. The number of esters is 3. The number of hydrogen-bond acceptors (Lipinski definition) is 6. The summed E-state index contributed by atoms with van der Waals surface area (Å²) in [5.41, 5.74) is 0. The van der Waals surface area contributed by atoms with Crippen molar-refractivity contribution in [1.82, 2.24) is 0 Å². The summed E-state index contributed by atoms with van der Waals surface area (Å²) in [5.74, 6) is -0.922. The summed E-state index contributed by atoms with van der Waals surface area (Å²) in [4.78, 5) is 38.1. The zero-order valence-corrected chi connectivity index (χ0v) is 48.4. The largest absolute Gasteiger partial charge is 0.462 e. The van der Waals surface area contributed by atoms with E-state index in [4.69, 9.17) is 14.2 Å². The molecule has 0 spiro atoms. The zero-order chi connectivity index (χ0) is 52.9. The van der Waals surface area contributed by atoms with Crippen LogP contribution in [0.2, 0.25) is 0 Å². The second kappa shape index (κ2) is 61.4. The summed E-state index contributed by atoms with van der Waals surface area (Å²) in [6.45, 7) is 6.49. The number of unbranched alkanes of at least 4 members (excludes halogenated alkanes) is 34. The van der Waals surface area contributed by atoms with Gasteiger partial charge in [0, 0.05) is 19.3 Å². The van der Waals surface area contributed by atoms with Gasteiger partial charge in [-0.3, -0.25) is 14.4 Å². The average Bonchev–Trinajstić information content (AvgIpc) is 3.39. The lowest BCUT2D eigenvalue weighted by atomic mass is 10.0. The maximum absolute atomic E-state index is 12.8. The van der Waals surface area contributed by atoms with Gasteiger partial charge in [-0.2, -0.15) is 0 Å². The molecule has 0 heterocycles. The van der Waals surface area contributed by atoms with Crippen LogP contribution in [0.5, 0.6) is 0 Å². The SMILES string of the molecule is CC/C=C\C/C=C\C/C=C\C/C=C\CCCCC(=O)OC(COC(=O)CCCCCCCCCCC)COC(=O)CCCCCCCCCCCCCCCCCCCCC/C=C\C/C=C\CCCCCCC. The van der Waals surface area contributed by atoms with Crippen LogP contribution in [0, 0.1) is 0 Å². The number of ether oxygens (including phenoxy) is 3. The lowest BCUT2D eigenvalue weighted by Gasteiger charge is -2.18. The van der Waals surface area contributed by atoms with E-state index in [-0.39, 0.29) is 37.5 Å². The van der Waals surface area contributed by atoms with Crippen molar-refractivity contribution in [1.29, 1.82) is 0 Å². The van der Waals surface area contributed by atoms with Gasteiger partial charge in [0.15, 0.2) is 6.10 Å². The molecule has 0 aromatic heterocycles. The van der Waals surface area contributed by atoms with Gasteiger partial charge < -0.3 is 14.2 Å². The second-order valence-corrected chi connectivity index (χ2v) is 20.9. The molecule has 0 aliphatic heterocycles. The third-order valence-electron chi connectivity index (χ3n) is 13.7. The van der Waals surface area contributed by atoms with E-state index in [0.717, 1.165) is 83.5 Å². The predicted molar refractivity (Wildman–Crippen MR) is 316 cm³/mol. The van der Waals surface area contributed by atoms with Crippen LogP contribution in [0.4, 0.5) is 0 Å². The first kappa shape index (κ1) is 69.8. The van der Waals surface area contributed by atoms with E-state index in [2.05, 4.69) is 93.7 Å². The Hall–Kier alpha value is -3.15. The van der Waals surface area contributed by atoms with E-state index in [1.165, 1.54) is 186 Å². The van der Waals surface area contributed by atoms with Crippen LogP contribution in [0.1, 0.15) is 316 Å². The summed E-state index contributed by atoms with van der Waals surface area (Å²) in [5, 5.41) is 0. The maximum Gasteiger partial charge on any atom is 0.306 e. The molecule has 422 valence electrons. The molecule has 0 aliphatic carbocycles. The van der Waals surface area contributed by atoms with E-state index in [9.17, 15) is 14.4 Å². The first-order chi connectivity index (χ1) is 36.0. The predicted octanol–water partition coefficient (Wildman–Crippen LogP) is 21.3. The van der Waals surface area contributed by atoms with Gasteiger partial charge in [0.25, 0.3) is 0 Å². The normalized spacial score (nSPS) is 12.5. The van der Waals surface area contributed by atoms with Gasteiger partial charge in [-0.05, 0) is 89.9 Å². The molecule has 6 heteroatoms. The van der Waals surface area contributed by atoms with E-state index >= 15 is 0 Å². The highest BCUT2D eigenvalue weighted by Gasteiger charge is 2.19. The minimum atomic E-state index is -0.793. The van der Waals surface area contributed by atoms with Crippen molar-refractivity contribution >= 4 is 17.9 Å². The van der Waals surface area contributed by atoms with E-state index < -0.39 is 6.10 Å². The molecule has 0 aromatic carbocycles. The average molecular weight is 1020 g/mol. The number of hydrogen-bond donors (Lipinski definition) is 0. The van der Waals surface area contributed by atoms with Crippen molar-refractivity contribution in [3.05, 3.63) is 72.9 Å². The Morgan fingerprint density at radius 3 is 0.863 bits per heavy atom. The van der Waals surface area contributed by atoms with Crippen LogP contribution in [0.25, 0.3) is 0 Å². The van der Waals surface area contributed by atoms with E-state index in [1.54, 1.807) is 0 Å². The van der Waals surface area contributed by atoms with Gasteiger partial charge in [0.2, 0.25) is 0 Å². The van der Waals surface area contributed by atoms with E-state index in [0.29, 0.717) is 19.3 Å². The molecule has 1 unspecified atom stereocenters. The second-order valence-electron chi connectivity index (χ2n) is 20.9. The number of rotatable bonds is 57. The molecule has 0 fully saturated rings. The molecule has 0 amide bonds. The monoisotopic (exact) mass is 1020 g/mol. The minimum Gasteiger partial charge on any atom is -0.462 e. The molecule has 0 aliphatic rings. The van der Waals surface area contributed by atoms with Gasteiger partial charge in [-0.1, -0.05) is 280 Å². The minimum absolute atomic E-state index is 0.0886. The van der Waals surface area contributed by atoms with Crippen LogP contribution in [-0.4, -0.2) is 37.2 Å². The summed E-state index contributed by atoms with van der Waals surface area (Å²) in [6.07, 6.45) is 79.4. The Bertz CT molecular complexity index is 1360. The third-order valence-corrected chi connectivity index (χ3v) is 13.7. The van der Waals surface area contributed by atoms with Gasteiger partial charge in [0.1, 0.15) is 13.2 Å². The van der Waals surface area contributed by atoms with Crippen molar-refractivity contribution in [2.24, 2.45) is 0 Å². The number of carbonyl (C=O) groups excluding carboxylic acids is 3. The fraction of sp³-hybridized carbons (Fsp3) is 0.776. The lowest BCUT2D eigenvalue weighted by Crippen LogP contribution is -2.30. The van der Waals surface area contributed by atoms with Crippen molar-refractivity contribution in [2.75, 3.05) is 13.2 Å². The lowest BCUT2D eigenvalue weighted by molar-refractivity contribution is -0.167. The Labute approximate surface area is 453 Å². The van der Waals surface area contributed by atoms with Crippen molar-refractivity contribution < 1.29 is 28.6 Å². The highest BCUT2D eigenvalue weighted by Crippen LogP contribution is 2.17. The van der Waals surface area contributed by atoms with Crippen LogP contribution >= 0.6 is 0 Å². The smallest absolute Gasteiger partial charge is 0.306 e. The summed E-state index contributed by atoms with van der Waals surface area (Å²) < 4.78 is 16.8. The molecule has 1 atom stereocenters. The summed E-state index contributed by atoms with van der Waals surface area (Å²) in [7, 11) is 0. The van der Waals surface area contributed by atoms with Gasteiger partial charge in [0.05, 0.1) is 0 Å². The molecule has 0 rings (SSSR count). The fourth-order valence-corrected chi connectivity index (χ4v) is 9.00. The maximum atomic E-state index is 12.8. The molecule has 0 bridgehead atoms. The van der Waals surface area contributed by atoms with Crippen LogP contribution < -0.4 is 0 Å². The van der Waals surface area contributed by atoms with Crippen LogP contribution in [-0.2, 0) is 28.6 Å². The standard InChI is InChI=1S/C67H118O6/c1-4-7-10-13-16-19-21-23-25-26-27-28-29-30-31-32-33-34-35-36-37-38-39-40-42-43-45-48-51-54-57-60-66(69)72-63-64(62-71-65(68)59-56-53-50-47-18-15-12-9-6-3)73-67(70)61-58-55-52-49-46-44-41-24-22-20-17-14-11-8-5-2/h8,11,17,20-21,23-24,26-27,41,46,49,64H,4-7,9-10,12-16,18-19,22,25,28-40,42-45,47-48,50-63H2,1-3H3/b11-8-,20-17-,23-21-,27-26-,41-24-,49-46-. The third kappa shape index (κ3) is 59.6. The molecule has 0 saturated carbocycles. The Kier molecular flexibility index (Phi) is 58.7. The Balaban J connectivity index is 4.10. The first-order valence-electron chi connectivity index (χ1n) is 31.4. The molecule has 0 radical (unpaired) electrons. The highest BCUT2D eigenvalue weighted by atomic mass is 16.6. The quantitative estimate of drug-likeness (QED) is 0.0261. The summed E-state index contributed by atoms with van der Waals surface area (Å²) >= 11 is 0. The van der Waals surface area contributed by atoms with Crippen molar-refractivity contribution in [2.45, 2.75) is 322 Å². The molecular formula is C67H118O6. The zero-order valence-electron chi connectivity index (χ0n) is 48.4. The van der Waals surface area contributed by atoms with Crippen molar-refractivity contribution in [3.8, 4) is 0 Å². The van der Waals surface area contributed by atoms with Gasteiger partial charge in [-0.15, -0.1) is 0 Å². The Morgan fingerprint density at radius 2 is 0.534 bits per heavy atom. The fourth-order valence-electron chi connectivity index (χ4n) is 9.00. The topological polar surface area (TPSA) is 78.9 Å². The molecule has 0 saturated heterocycles. The number of allylic oxidation sites excluding steroid dienone is 12. The van der Waals surface area contributed by atoms with Crippen molar-refractivity contribution in [3.63, 3.8) is 0 Å². The van der Waals surface area contributed by atoms with Crippen LogP contribution in [0.3, 0.4) is 0 Å². The van der Waals surface area contributed by atoms with E-state index in [1.807, 2.05) is 0 Å². The van der Waals surface area contributed by atoms with Crippen LogP contribution in [0.15, 0.2) is 72.9 Å². The molecule has 0 N–H and O–H groups in total. The molecule has 0 aromatic rings. The molecule has 6 nitrogen and oxygen atoms in total. The highest BCUT2D eigenvalue weighted by molar-refractivity contribution is 5.71.